The molecule has 2 aliphatic rings. The summed E-state index contributed by atoms with van der Waals surface area (Å²) in [5.74, 6) is -1.08. The predicted octanol–water partition coefficient (Wildman–Crippen LogP) is 2.33. The Hall–Kier alpha value is -2.56. The van der Waals surface area contributed by atoms with Crippen molar-refractivity contribution in [2.24, 2.45) is 11.8 Å². The molecule has 5 nitrogen and oxygen atoms in total. The monoisotopic (exact) mass is 314 g/mol. The van der Waals surface area contributed by atoms with Gasteiger partial charge in [0.15, 0.2) is 0 Å². The lowest BCUT2D eigenvalue weighted by molar-refractivity contribution is -0.147. The Bertz CT molecular complexity index is 674. The van der Waals surface area contributed by atoms with E-state index in [1.807, 2.05) is 42.5 Å². The number of hydrogen-bond donors (Lipinski definition) is 0. The summed E-state index contributed by atoms with van der Waals surface area (Å²) in [7, 11) is 1.31. The SMILES string of the molecule is CCOC(=O)[C@@H]1[C@H]2OC(C(=O)OC)=C(/C=C/c3ccccc3)[C@H]21. The van der Waals surface area contributed by atoms with Crippen molar-refractivity contribution in [3.05, 3.63) is 53.3 Å². The summed E-state index contributed by atoms with van der Waals surface area (Å²) in [6, 6.07) is 9.71. The maximum Gasteiger partial charge on any atom is 0.373 e. The molecule has 0 spiro atoms. The number of allylic oxidation sites excluding steroid dienone is 1. The van der Waals surface area contributed by atoms with Crippen molar-refractivity contribution < 1.29 is 23.8 Å². The van der Waals surface area contributed by atoms with Crippen molar-refractivity contribution in [3.8, 4) is 0 Å². The van der Waals surface area contributed by atoms with Crippen LogP contribution in [0, 0.1) is 11.8 Å². The molecular formula is C18H18O5. The summed E-state index contributed by atoms with van der Waals surface area (Å²) in [5, 5.41) is 0. The first-order chi connectivity index (χ1) is 11.2. The normalized spacial score (nSPS) is 25.0. The summed E-state index contributed by atoms with van der Waals surface area (Å²) in [6.07, 6.45) is 3.40. The number of carbonyl (C=O) groups excluding carboxylic acids is 2. The number of methoxy groups -OCH3 is 1. The van der Waals surface area contributed by atoms with E-state index in [9.17, 15) is 9.59 Å². The first-order valence-electron chi connectivity index (χ1n) is 7.56. The van der Waals surface area contributed by atoms with Crippen molar-refractivity contribution in [2.75, 3.05) is 13.7 Å². The minimum Gasteiger partial charge on any atom is -0.481 e. The number of benzene rings is 1. The van der Waals surface area contributed by atoms with Crippen LogP contribution in [0.3, 0.4) is 0 Å². The molecule has 120 valence electrons. The fourth-order valence-electron chi connectivity index (χ4n) is 2.87. The molecule has 0 radical (unpaired) electrons. The van der Waals surface area contributed by atoms with E-state index in [4.69, 9.17) is 14.2 Å². The highest BCUT2D eigenvalue weighted by Gasteiger charge is 2.64. The Morgan fingerprint density at radius 3 is 2.61 bits per heavy atom. The molecule has 0 aromatic heterocycles. The molecule has 0 amide bonds. The van der Waals surface area contributed by atoms with Gasteiger partial charge in [-0.15, -0.1) is 0 Å². The zero-order valence-corrected chi connectivity index (χ0v) is 13.0. The van der Waals surface area contributed by atoms with E-state index in [0.29, 0.717) is 12.2 Å². The van der Waals surface area contributed by atoms with Gasteiger partial charge in [-0.3, -0.25) is 4.79 Å². The van der Waals surface area contributed by atoms with E-state index in [0.717, 1.165) is 5.56 Å². The van der Waals surface area contributed by atoms with Gasteiger partial charge in [0.2, 0.25) is 5.76 Å². The minimum absolute atomic E-state index is 0.136. The lowest BCUT2D eigenvalue weighted by Gasteiger charge is -2.09. The number of fused-ring (bicyclic) bond motifs is 1. The van der Waals surface area contributed by atoms with E-state index >= 15 is 0 Å². The standard InChI is InChI=1S/C18H18O5/c1-3-22-17(19)14-13-12(10-9-11-7-5-4-6-8-11)15(18(20)21-2)23-16(13)14/h4-10,13-14,16H,3H2,1-2H3/b10-9+/t13-,14-,16-/m0/s1. The molecule has 1 aliphatic carbocycles. The van der Waals surface area contributed by atoms with Crippen LogP contribution in [0.2, 0.25) is 0 Å². The highest BCUT2D eigenvalue weighted by atomic mass is 16.6. The molecule has 0 N–H and O–H groups in total. The van der Waals surface area contributed by atoms with Crippen molar-refractivity contribution in [1.29, 1.82) is 0 Å². The van der Waals surface area contributed by atoms with Crippen LogP contribution in [0.15, 0.2) is 47.7 Å². The van der Waals surface area contributed by atoms with Crippen molar-refractivity contribution in [2.45, 2.75) is 13.0 Å². The Morgan fingerprint density at radius 1 is 1.22 bits per heavy atom. The number of hydrogen-bond acceptors (Lipinski definition) is 5. The third kappa shape index (κ3) is 2.86. The second kappa shape index (κ2) is 6.28. The molecule has 1 aromatic rings. The second-order valence-electron chi connectivity index (χ2n) is 5.41. The molecule has 1 saturated carbocycles. The van der Waals surface area contributed by atoms with E-state index in [-0.39, 0.29) is 29.7 Å². The average molecular weight is 314 g/mol. The summed E-state index contributed by atoms with van der Waals surface area (Å²) in [5.41, 5.74) is 1.70. The van der Waals surface area contributed by atoms with Crippen molar-refractivity contribution >= 4 is 18.0 Å². The van der Waals surface area contributed by atoms with Gasteiger partial charge in [0.05, 0.1) is 13.7 Å². The largest absolute Gasteiger partial charge is 0.481 e. The average Bonchev–Trinajstić information content (AvgIpc) is 3.17. The van der Waals surface area contributed by atoms with Gasteiger partial charge in [-0.1, -0.05) is 42.5 Å². The van der Waals surface area contributed by atoms with Crippen LogP contribution in [0.25, 0.3) is 6.08 Å². The first-order valence-corrected chi connectivity index (χ1v) is 7.56. The van der Waals surface area contributed by atoms with E-state index in [2.05, 4.69) is 0 Å². The Balaban J connectivity index is 1.84. The van der Waals surface area contributed by atoms with Crippen LogP contribution in [0.4, 0.5) is 0 Å². The van der Waals surface area contributed by atoms with Gasteiger partial charge in [0.1, 0.15) is 12.0 Å². The van der Waals surface area contributed by atoms with Gasteiger partial charge in [-0.25, -0.2) is 4.79 Å². The van der Waals surface area contributed by atoms with E-state index in [1.165, 1.54) is 7.11 Å². The van der Waals surface area contributed by atoms with E-state index < -0.39 is 5.97 Å². The van der Waals surface area contributed by atoms with Gasteiger partial charge in [0.25, 0.3) is 0 Å². The smallest absolute Gasteiger partial charge is 0.373 e. The third-order valence-electron chi connectivity index (χ3n) is 4.01. The van der Waals surface area contributed by atoms with Gasteiger partial charge < -0.3 is 14.2 Å². The maximum absolute atomic E-state index is 11.9. The number of rotatable bonds is 5. The molecule has 1 aromatic carbocycles. The van der Waals surface area contributed by atoms with E-state index in [1.54, 1.807) is 6.92 Å². The fraction of sp³-hybridized carbons (Fsp3) is 0.333. The lowest BCUT2D eigenvalue weighted by Crippen LogP contribution is -2.16. The van der Waals surface area contributed by atoms with Gasteiger partial charge in [-0.2, -0.15) is 0 Å². The zero-order chi connectivity index (χ0) is 16.4. The van der Waals surface area contributed by atoms with Gasteiger partial charge >= 0.3 is 11.9 Å². The molecule has 23 heavy (non-hydrogen) atoms. The van der Waals surface area contributed by atoms with Crippen molar-refractivity contribution in [1.82, 2.24) is 0 Å². The number of ether oxygens (including phenoxy) is 3. The van der Waals surface area contributed by atoms with Crippen LogP contribution in [-0.2, 0) is 23.8 Å². The highest BCUT2D eigenvalue weighted by molar-refractivity contribution is 5.91. The summed E-state index contributed by atoms with van der Waals surface area (Å²) >= 11 is 0. The highest BCUT2D eigenvalue weighted by Crippen LogP contribution is 2.55. The van der Waals surface area contributed by atoms with Crippen molar-refractivity contribution in [3.63, 3.8) is 0 Å². The molecule has 1 fully saturated rings. The Labute approximate surface area is 134 Å². The lowest BCUT2D eigenvalue weighted by atomic mass is 10.1. The maximum atomic E-state index is 11.9. The Kier molecular flexibility index (Phi) is 4.19. The number of carbonyl (C=O) groups is 2. The third-order valence-corrected chi connectivity index (χ3v) is 4.01. The van der Waals surface area contributed by atoms with Gasteiger partial charge in [-0.05, 0) is 12.5 Å². The molecule has 0 saturated heterocycles. The predicted molar refractivity (Wildman–Crippen MR) is 83.0 cm³/mol. The number of esters is 2. The molecule has 0 unspecified atom stereocenters. The fourth-order valence-corrected chi connectivity index (χ4v) is 2.87. The van der Waals surface area contributed by atoms with Crippen LogP contribution < -0.4 is 0 Å². The minimum atomic E-state index is -0.521. The molecule has 1 heterocycles. The molecule has 1 aliphatic heterocycles. The quantitative estimate of drug-likeness (QED) is 0.781. The second-order valence-corrected chi connectivity index (χ2v) is 5.41. The molecular weight excluding hydrogens is 296 g/mol. The van der Waals surface area contributed by atoms with Crippen LogP contribution in [0.5, 0.6) is 0 Å². The molecule has 0 bridgehead atoms. The molecule has 3 rings (SSSR count). The Morgan fingerprint density at radius 2 is 1.96 bits per heavy atom. The summed E-state index contributed by atoms with van der Waals surface area (Å²) < 4.78 is 15.4. The summed E-state index contributed by atoms with van der Waals surface area (Å²) in [6.45, 7) is 2.10. The summed E-state index contributed by atoms with van der Waals surface area (Å²) in [4.78, 5) is 23.8. The topological polar surface area (TPSA) is 61.8 Å². The van der Waals surface area contributed by atoms with Crippen LogP contribution >= 0.6 is 0 Å². The van der Waals surface area contributed by atoms with Crippen LogP contribution in [-0.4, -0.2) is 31.8 Å². The molecule has 3 atom stereocenters. The van der Waals surface area contributed by atoms with Gasteiger partial charge in [0, 0.05) is 11.5 Å². The van der Waals surface area contributed by atoms with Crippen LogP contribution in [0.1, 0.15) is 12.5 Å². The molecule has 5 heteroatoms. The first kappa shape index (κ1) is 15.3. The zero-order valence-electron chi connectivity index (χ0n) is 13.0.